The number of hydrogen-bond donors (Lipinski definition) is 0. The van der Waals surface area contributed by atoms with Gasteiger partial charge in [0.25, 0.3) is 0 Å². The Kier molecular flexibility index (Phi) is 3.46. The van der Waals surface area contributed by atoms with Crippen LogP contribution >= 0.6 is 0 Å². The Morgan fingerprint density at radius 3 is 2.35 bits per heavy atom. The van der Waals surface area contributed by atoms with Crippen LogP contribution in [-0.4, -0.2) is 12.4 Å². The van der Waals surface area contributed by atoms with E-state index in [9.17, 15) is 4.79 Å². The number of benzene rings is 3. The molecule has 3 aromatic carbocycles. The summed E-state index contributed by atoms with van der Waals surface area (Å²) in [7, 11) is 0. The van der Waals surface area contributed by atoms with Crippen molar-refractivity contribution >= 4 is 16.6 Å². The number of hydrogen-bond acceptors (Lipinski definition) is 2. The summed E-state index contributed by atoms with van der Waals surface area (Å²) >= 11 is 0. The number of carbonyl (C=O) groups is 1. The summed E-state index contributed by atoms with van der Waals surface area (Å²) in [5.74, 6) is 0.728. The SMILES string of the molecule is O=C(COc1cccc2ccccc12)c1ccccc1. The van der Waals surface area contributed by atoms with Crippen LogP contribution in [0.1, 0.15) is 10.4 Å². The van der Waals surface area contributed by atoms with E-state index < -0.39 is 0 Å². The van der Waals surface area contributed by atoms with E-state index >= 15 is 0 Å². The molecule has 0 saturated heterocycles. The smallest absolute Gasteiger partial charge is 0.200 e. The second kappa shape index (κ2) is 5.57. The summed E-state index contributed by atoms with van der Waals surface area (Å²) < 4.78 is 5.69. The van der Waals surface area contributed by atoms with Crippen molar-refractivity contribution < 1.29 is 9.53 Å². The van der Waals surface area contributed by atoms with Gasteiger partial charge in [0.1, 0.15) is 5.75 Å². The summed E-state index contributed by atoms with van der Waals surface area (Å²) in [6, 6.07) is 23.0. The number of ether oxygens (including phenoxy) is 1. The van der Waals surface area contributed by atoms with Crippen LogP contribution in [0.3, 0.4) is 0 Å². The van der Waals surface area contributed by atoms with Crippen molar-refractivity contribution in [1.82, 2.24) is 0 Å². The molecule has 0 atom stereocenters. The van der Waals surface area contributed by atoms with E-state index in [2.05, 4.69) is 0 Å². The zero-order valence-corrected chi connectivity index (χ0v) is 11.0. The van der Waals surface area contributed by atoms with Gasteiger partial charge in [0.05, 0.1) is 0 Å². The Labute approximate surface area is 117 Å². The van der Waals surface area contributed by atoms with Crippen LogP contribution in [0.5, 0.6) is 5.75 Å². The maximum Gasteiger partial charge on any atom is 0.200 e. The fraction of sp³-hybridized carbons (Fsp3) is 0.0556. The Morgan fingerprint density at radius 2 is 1.50 bits per heavy atom. The molecule has 3 rings (SSSR count). The Balaban J connectivity index is 1.79. The molecular weight excluding hydrogens is 248 g/mol. The zero-order chi connectivity index (χ0) is 13.8. The molecule has 20 heavy (non-hydrogen) atoms. The predicted molar refractivity (Wildman–Crippen MR) is 80.2 cm³/mol. The highest BCUT2D eigenvalue weighted by Crippen LogP contribution is 2.25. The summed E-state index contributed by atoms with van der Waals surface area (Å²) in [4.78, 5) is 12.0. The second-order valence-electron chi connectivity index (χ2n) is 4.56. The number of Topliss-reactive ketones (excluding diaryl/α,β-unsaturated/α-hetero) is 1. The molecule has 0 aliphatic heterocycles. The monoisotopic (exact) mass is 262 g/mol. The van der Waals surface area contributed by atoms with Crippen molar-refractivity contribution in [2.75, 3.05) is 6.61 Å². The van der Waals surface area contributed by atoms with Crippen LogP contribution in [0.2, 0.25) is 0 Å². The molecule has 0 radical (unpaired) electrons. The van der Waals surface area contributed by atoms with Crippen molar-refractivity contribution in [2.24, 2.45) is 0 Å². The molecule has 0 unspecified atom stereocenters. The minimum Gasteiger partial charge on any atom is -0.485 e. The zero-order valence-electron chi connectivity index (χ0n) is 11.0. The van der Waals surface area contributed by atoms with Gasteiger partial charge in [0.15, 0.2) is 12.4 Å². The molecule has 0 spiro atoms. The molecule has 0 N–H and O–H groups in total. The van der Waals surface area contributed by atoms with Gasteiger partial charge in [-0.3, -0.25) is 4.79 Å². The van der Waals surface area contributed by atoms with E-state index in [0.717, 1.165) is 16.5 Å². The van der Waals surface area contributed by atoms with Gasteiger partial charge >= 0.3 is 0 Å². The van der Waals surface area contributed by atoms with Gasteiger partial charge in [-0.15, -0.1) is 0 Å². The number of fused-ring (bicyclic) bond motifs is 1. The first-order valence-corrected chi connectivity index (χ1v) is 6.53. The maximum atomic E-state index is 12.0. The van der Waals surface area contributed by atoms with Crippen LogP contribution in [0.25, 0.3) is 10.8 Å². The largest absolute Gasteiger partial charge is 0.485 e. The molecule has 2 heteroatoms. The van der Waals surface area contributed by atoms with Gasteiger partial charge < -0.3 is 4.74 Å². The summed E-state index contributed by atoms with van der Waals surface area (Å²) in [5.41, 5.74) is 0.674. The van der Waals surface area contributed by atoms with Gasteiger partial charge in [-0.25, -0.2) is 0 Å². The minimum absolute atomic E-state index is 0.0152. The molecule has 2 nitrogen and oxygen atoms in total. The van der Waals surface area contributed by atoms with E-state index in [1.165, 1.54) is 0 Å². The van der Waals surface area contributed by atoms with E-state index in [1.807, 2.05) is 60.7 Å². The lowest BCUT2D eigenvalue weighted by Gasteiger charge is -2.08. The van der Waals surface area contributed by atoms with Gasteiger partial charge in [-0.1, -0.05) is 66.7 Å². The lowest BCUT2D eigenvalue weighted by molar-refractivity contribution is 0.0922. The summed E-state index contributed by atoms with van der Waals surface area (Å²) in [5, 5.41) is 2.13. The fourth-order valence-corrected chi connectivity index (χ4v) is 2.17. The highest BCUT2D eigenvalue weighted by atomic mass is 16.5. The molecular formula is C18H14O2. The third kappa shape index (κ3) is 2.54. The van der Waals surface area contributed by atoms with Gasteiger partial charge in [0, 0.05) is 10.9 Å². The highest BCUT2D eigenvalue weighted by molar-refractivity contribution is 5.97. The third-order valence-corrected chi connectivity index (χ3v) is 3.20. The Hall–Kier alpha value is -2.61. The van der Waals surface area contributed by atoms with E-state index in [4.69, 9.17) is 4.74 Å². The predicted octanol–water partition coefficient (Wildman–Crippen LogP) is 4.10. The maximum absolute atomic E-state index is 12.0. The van der Waals surface area contributed by atoms with Gasteiger partial charge in [-0.2, -0.15) is 0 Å². The molecule has 0 bridgehead atoms. The first kappa shape index (κ1) is 12.4. The molecule has 0 aliphatic rings. The van der Waals surface area contributed by atoms with Crippen LogP contribution in [0, 0.1) is 0 Å². The van der Waals surface area contributed by atoms with E-state index in [-0.39, 0.29) is 12.4 Å². The Bertz CT molecular complexity index is 727. The number of carbonyl (C=O) groups excluding carboxylic acids is 1. The Morgan fingerprint density at radius 1 is 0.800 bits per heavy atom. The van der Waals surface area contributed by atoms with E-state index in [1.54, 1.807) is 12.1 Å². The van der Waals surface area contributed by atoms with Crippen molar-refractivity contribution in [3.05, 3.63) is 78.4 Å². The number of rotatable bonds is 4. The molecule has 0 aliphatic carbocycles. The fourth-order valence-electron chi connectivity index (χ4n) is 2.17. The lowest BCUT2D eigenvalue weighted by Crippen LogP contribution is -2.11. The van der Waals surface area contributed by atoms with Gasteiger partial charge in [-0.05, 0) is 11.5 Å². The third-order valence-electron chi connectivity index (χ3n) is 3.20. The molecule has 0 aromatic heterocycles. The highest BCUT2D eigenvalue weighted by Gasteiger charge is 2.07. The molecule has 0 saturated carbocycles. The van der Waals surface area contributed by atoms with Crippen molar-refractivity contribution in [3.8, 4) is 5.75 Å². The van der Waals surface area contributed by atoms with Crippen LogP contribution in [-0.2, 0) is 0 Å². The first-order valence-electron chi connectivity index (χ1n) is 6.53. The summed E-state index contributed by atoms with van der Waals surface area (Å²) in [6.07, 6.45) is 0. The van der Waals surface area contributed by atoms with Crippen molar-refractivity contribution in [2.45, 2.75) is 0 Å². The quantitative estimate of drug-likeness (QED) is 0.662. The average molecular weight is 262 g/mol. The molecule has 0 fully saturated rings. The molecule has 3 aromatic rings. The molecule has 0 amide bonds. The average Bonchev–Trinajstić information content (AvgIpc) is 2.53. The van der Waals surface area contributed by atoms with Crippen LogP contribution in [0.15, 0.2) is 72.8 Å². The van der Waals surface area contributed by atoms with E-state index in [0.29, 0.717) is 5.56 Å². The standard InChI is InChI=1S/C18H14O2/c19-17(15-8-2-1-3-9-15)13-20-18-12-6-10-14-7-4-5-11-16(14)18/h1-12H,13H2. The molecule has 0 heterocycles. The van der Waals surface area contributed by atoms with Crippen LogP contribution in [0.4, 0.5) is 0 Å². The lowest BCUT2D eigenvalue weighted by atomic mass is 10.1. The normalized spacial score (nSPS) is 10.4. The minimum atomic E-state index is -0.0152. The number of ketones is 1. The first-order chi connectivity index (χ1) is 9.84. The van der Waals surface area contributed by atoms with Gasteiger partial charge in [0.2, 0.25) is 0 Å². The second-order valence-corrected chi connectivity index (χ2v) is 4.56. The van der Waals surface area contributed by atoms with Crippen molar-refractivity contribution in [1.29, 1.82) is 0 Å². The molecule has 98 valence electrons. The topological polar surface area (TPSA) is 26.3 Å². The summed E-state index contributed by atoms with van der Waals surface area (Å²) in [6.45, 7) is 0.0536. The van der Waals surface area contributed by atoms with Crippen molar-refractivity contribution in [3.63, 3.8) is 0 Å². The van der Waals surface area contributed by atoms with Crippen LogP contribution < -0.4 is 4.74 Å².